The lowest BCUT2D eigenvalue weighted by molar-refractivity contribution is 0.111. The molecule has 0 aliphatic heterocycles. The van der Waals surface area contributed by atoms with Crippen LogP contribution in [-0.2, 0) is 0 Å². The quantitative estimate of drug-likeness (QED) is 0.728. The van der Waals surface area contributed by atoms with Crippen LogP contribution in [0.3, 0.4) is 0 Å². The third-order valence-corrected chi connectivity index (χ3v) is 2.34. The predicted octanol–water partition coefficient (Wildman–Crippen LogP) is 2.70. The number of rotatable bonds is 2. The fraction of sp³-hybridized carbons (Fsp3) is 0.250. The van der Waals surface area contributed by atoms with E-state index in [2.05, 4.69) is 9.97 Å². The summed E-state index contributed by atoms with van der Waals surface area (Å²) in [5.41, 5.74) is 1.95. The van der Waals surface area contributed by atoms with Gasteiger partial charge in [0, 0.05) is 6.07 Å². The molecule has 2 rings (SSSR count). The lowest BCUT2D eigenvalue weighted by atomic mass is 10.1. The molecule has 82 valence electrons. The van der Waals surface area contributed by atoms with Gasteiger partial charge in [-0.05, 0) is 18.1 Å². The van der Waals surface area contributed by atoms with E-state index in [1.807, 2.05) is 13.8 Å². The molecule has 0 atom stereocenters. The highest BCUT2D eigenvalue weighted by atomic mass is 19.1. The molecule has 0 aliphatic rings. The van der Waals surface area contributed by atoms with Crippen molar-refractivity contribution < 1.29 is 9.18 Å². The molecular formula is C12H11FN2O. The standard InChI is InChI=1S/C12H11FN2O/c1-7(2)12-11(6-16)14-10-5-8(13)3-4-9(10)15-12/h3-7H,1-2H3. The van der Waals surface area contributed by atoms with E-state index in [1.165, 1.54) is 12.1 Å². The summed E-state index contributed by atoms with van der Waals surface area (Å²) >= 11 is 0. The van der Waals surface area contributed by atoms with Crippen molar-refractivity contribution in [3.63, 3.8) is 0 Å². The van der Waals surface area contributed by atoms with Crippen LogP contribution in [0, 0.1) is 5.82 Å². The molecule has 0 fully saturated rings. The highest BCUT2D eigenvalue weighted by molar-refractivity contribution is 5.81. The van der Waals surface area contributed by atoms with Gasteiger partial charge in [-0.2, -0.15) is 0 Å². The number of nitrogens with zero attached hydrogens (tertiary/aromatic N) is 2. The van der Waals surface area contributed by atoms with E-state index in [9.17, 15) is 9.18 Å². The van der Waals surface area contributed by atoms with E-state index in [-0.39, 0.29) is 17.4 Å². The van der Waals surface area contributed by atoms with Crippen LogP contribution in [0.1, 0.15) is 35.9 Å². The smallest absolute Gasteiger partial charge is 0.170 e. The van der Waals surface area contributed by atoms with Gasteiger partial charge >= 0.3 is 0 Å². The Labute approximate surface area is 92.3 Å². The first kappa shape index (κ1) is 10.7. The first-order valence-corrected chi connectivity index (χ1v) is 5.04. The van der Waals surface area contributed by atoms with Gasteiger partial charge in [-0.1, -0.05) is 13.8 Å². The number of hydrogen-bond donors (Lipinski definition) is 0. The summed E-state index contributed by atoms with van der Waals surface area (Å²) in [4.78, 5) is 19.3. The molecule has 1 aromatic carbocycles. The van der Waals surface area contributed by atoms with Crippen LogP contribution in [0.4, 0.5) is 4.39 Å². The molecule has 0 amide bonds. The van der Waals surface area contributed by atoms with Crippen molar-refractivity contribution in [2.24, 2.45) is 0 Å². The maximum absolute atomic E-state index is 13.0. The van der Waals surface area contributed by atoms with Crippen LogP contribution in [-0.4, -0.2) is 16.3 Å². The molecule has 3 nitrogen and oxygen atoms in total. The topological polar surface area (TPSA) is 42.9 Å². The summed E-state index contributed by atoms with van der Waals surface area (Å²) in [5, 5.41) is 0. The average molecular weight is 218 g/mol. The zero-order chi connectivity index (χ0) is 11.7. The number of carbonyl (C=O) groups is 1. The van der Waals surface area contributed by atoms with Gasteiger partial charge in [0.2, 0.25) is 0 Å². The number of aromatic nitrogens is 2. The maximum Gasteiger partial charge on any atom is 0.170 e. The Morgan fingerprint density at radius 1 is 1.25 bits per heavy atom. The van der Waals surface area contributed by atoms with Crippen LogP contribution in [0.5, 0.6) is 0 Å². The zero-order valence-corrected chi connectivity index (χ0v) is 9.07. The van der Waals surface area contributed by atoms with Crippen molar-refractivity contribution >= 4 is 17.3 Å². The number of aldehydes is 1. The van der Waals surface area contributed by atoms with Crippen LogP contribution in [0.25, 0.3) is 11.0 Å². The van der Waals surface area contributed by atoms with Gasteiger partial charge in [0.25, 0.3) is 0 Å². The summed E-state index contributed by atoms with van der Waals surface area (Å²) in [6.45, 7) is 3.87. The first-order chi connectivity index (χ1) is 7.61. The van der Waals surface area contributed by atoms with Crippen molar-refractivity contribution in [3.8, 4) is 0 Å². The second-order valence-corrected chi connectivity index (χ2v) is 3.90. The van der Waals surface area contributed by atoms with E-state index in [0.717, 1.165) is 0 Å². The molecule has 2 aromatic rings. The predicted molar refractivity (Wildman–Crippen MR) is 59.0 cm³/mol. The minimum Gasteiger partial charge on any atom is -0.296 e. The Balaban J connectivity index is 2.75. The first-order valence-electron chi connectivity index (χ1n) is 5.04. The van der Waals surface area contributed by atoms with E-state index >= 15 is 0 Å². The van der Waals surface area contributed by atoms with Gasteiger partial charge in [-0.15, -0.1) is 0 Å². The highest BCUT2D eigenvalue weighted by Gasteiger charge is 2.11. The minimum absolute atomic E-state index is 0.113. The Bertz CT molecular complexity index is 552. The molecule has 0 bridgehead atoms. The van der Waals surface area contributed by atoms with Gasteiger partial charge in [-0.25, -0.2) is 14.4 Å². The van der Waals surface area contributed by atoms with Crippen molar-refractivity contribution in [3.05, 3.63) is 35.4 Å². The van der Waals surface area contributed by atoms with E-state index < -0.39 is 0 Å². The number of fused-ring (bicyclic) bond motifs is 1. The van der Waals surface area contributed by atoms with Crippen LogP contribution < -0.4 is 0 Å². The van der Waals surface area contributed by atoms with E-state index in [4.69, 9.17) is 0 Å². The van der Waals surface area contributed by atoms with Gasteiger partial charge in [0.1, 0.15) is 11.5 Å². The number of benzene rings is 1. The Morgan fingerprint density at radius 3 is 2.62 bits per heavy atom. The maximum atomic E-state index is 13.0. The Hall–Kier alpha value is -1.84. The molecule has 0 saturated heterocycles. The third-order valence-electron chi connectivity index (χ3n) is 2.34. The lowest BCUT2D eigenvalue weighted by Gasteiger charge is -2.08. The van der Waals surface area contributed by atoms with Gasteiger partial charge < -0.3 is 0 Å². The summed E-state index contributed by atoms with van der Waals surface area (Å²) in [5.74, 6) is -0.266. The van der Waals surface area contributed by atoms with Crippen LogP contribution >= 0.6 is 0 Å². The third kappa shape index (κ3) is 1.78. The Morgan fingerprint density at radius 2 is 2.00 bits per heavy atom. The monoisotopic (exact) mass is 218 g/mol. The largest absolute Gasteiger partial charge is 0.296 e. The number of hydrogen-bond acceptors (Lipinski definition) is 3. The zero-order valence-electron chi connectivity index (χ0n) is 9.07. The fourth-order valence-electron chi connectivity index (χ4n) is 1.57. The molecule has 16 heavy (non-hydrogen) atoms. The van der Waals surface area contributed by atoms with Crippen molar-refractivity contribution in [2.75, 3.05) is 0 Å². The van der Waals surface area contributed by atoms with Crippen LogP contribution in [0.15, 0.2) is 18.2 Å². The van der Waals surface area contributed by atoms with Crippen LogP contribution in [0.2, 0.25) is 0 Å². The van der Waals surface area contributed by atoms with Crippen molar-refractivity contribution in [1.82, 2.24) is 9.97 Å². The normalized spacial score (nSPS) is 11.0. The lowest BCUT2D eigenvalue weighted by Crippen LogP contribution is -2.03. The van der Waals surface area contributed by atoms with E-state index in [0.29, 0.717) is 23.0 Å². The summed E-state index contributed by atoms with van der Waals surface area (Å²) < 4.78 is 13.0. The van der Waals surface area contributed by atoms with Gasteiger partial charge in [0.05, 0.1) is 16.7 Å². The number of halogens is 1. The molecule has 1 heterocycles. The second kappa shape index (κ2) is 3.96. The SMILES string of the molecule is CC(C)c1nc2ccc(F)cc2nc1C=O. The summed E-state index contributed by atoms with van der Waals surface area (Å²) in [6, 6.07) is 4.18. The van der Waals surface area contributed by atoms with Crippen molar-refractivity contribution in [2.45, 2.75) is 19.8 Å². The van der Waals surface area contributed by atoms with Gasteiger partial charge in [0.15, 0.2) is 6.29 Å². The molecule has 4 heteroatoms. The van der Waals surface area contributed by atoms with E-state index in [1.54, 1.807) is 6.07 Å². The van der Waals surface area contributed by atoms with Crippen molar-refractivity contribution in [1.29, 1.82) is 0 Å². The second-order valence-electron chi connectivity index (χ2n) is 3.90. The fourth-order valence-corrected chi connectivity index (χ4v) is 1.57. The molecule has 0 radical (unpaired) electrons. The molecule has 0 N–H and O–H groups in total. The number of carbonyl (C=O) groups excluding carboxylic acids is 1. The van der Waals surface area contributed by atoms with Gasteiger partial charge in [-0.3, -0.25) is 4.79 Å². The molecular weight excluding hydrogens is 207 g/mol. The average Bonchev–Trinajstić information content (AvgIpc) is 2.26. The minimum atomic E-state index is -0.379. The highest BCUT2D eigenvalue weighted by Crippen LogP contribution is 2.19. The molecule has 0 aliphatic carbocycles. The molecule has 0 spiro atoms. The Kier molecular flexibility index (Phi) is 2.64. The molecule has 0 saturated carbocycles. The molecule has 1 aromatic heterocycles. The summed E-state index contributed by atoms with van der Waals surface area (Å²) in [6.07, 6.45) is 0.659. The molecule has 0 unspecified atom stereocenters. The summed E-state index contributed by atoms with van der Waals surface area (Å²) in [7, 11) is 0.